The van der Waals surface area contributed by atoms with Gasteiger partial charge in [0.25, 0.3) is 0 Å². The number of rotatable bonds is 4. The Labute approximate surface area is 123 Å². The van der Waals surface area contributed by atoms with Gasteiger partial charge in [0, 0.05) is 6.20 Å². The van der Waals surface area contributed by atoms with Crippen molar-refractivity contribution in [1.29, 1.82) is 0 Å². The van der Waals surface area contributed by atoms with Crippen molar-refractivity contribution in [3.05, 3.63) is 54.4 Å². The first kappa shape index (κ1) is 13.7. The van der Waals surface area contributed by atoms with Crippen molar-refractivity contribution in [1.82, 2.24) is 20.0 Å². The Morgan fingerprint density at radius 1 is 1.05 bits per heavy atom. The lowest BCUT2D eigenvalue weighted by molar-refractivity contribution is 0.0797. The number of hydrogen-bond acceptors (Lipinski definition) is 4. The first-order chi connectivity index (χ1) is 10.2. The van der Waals surface area contributed by atoms with Crippen molar-refractivity contribution in [2.75, 3.05) is 0 Å². The summed E-state index contributed by atoms with van der Waals surface area (Å²) < 4.78 is 1.77. The molecular weight excluding hydrogens is 264 g/mol. The van der Waals surface area contributed by atoms with Gasteiger partial charge in [-0.3, -0.25) is 4.98 Å². The lowest BCUT2D eigenvalue weighted by atomic mass is 9.96. The molecule has 1 aromatic carbocycles. The second kappa shape index (κ2) is 5.61. The number of aromatic nitrogens is 4. The lowest BCUT2D eigenvalue weighted by Crippen LogP contribution is -2.31. The number of nitrogens with zero attached hydrogens (tertiary/aromatic N) is 4. The minimum Gasteiger partial charge on any atom is -0.390 e. The lowest BCUT2D eigenvalue weighted by Gasteiger charge is -2.25. The van der Waals surface area contributed by atoms with E-state index in [9.17, 15) is 5.11 Å². The van der Waals surface area contributed by atoms with Crippen molar-refractivity contribution < 1.29 is 5.11 Å². The Morgan fingerprint density at radius 3 is 2.52 bits per heavy atom. The maximum atomic E-state index is 10.6. The van der Waals surface area contributed by atoms with Crippen molar-refractivity contribution in [2.45, 2.75) is 26.0 Å². The summed E-state index contributed by atoms with van der Waals surface area (Å²) in [4.78, 5) is 4.40. The largest absolute Gasteiger partial charge is 0.390 e. The molecule has 5 heteroatoms. The van der Waals surface area contributed by atoms with Gasteiger partial charge >= 0.3 is 0 Å². The normalized spacial score (nSPS) is 14.5. The number of aliphatic hydroxyl groups is 1. The van der Waals surface area contributed by atoms with Crippen LogP contribution >= 0.6 is 0 Å². The Morgan fingerprint density at radius 2 is 1.81 bits per heavy atom. The van der Waals surface area contributed by atoms with E-state index in [0.717, 1.165) is 16.7 Å². The second-order valence-electron chi connectivity index (χ2n) is 5.46. The summed E-state index contributed by atoms with van der Waals surface area (Å²) in [7, 11) is 0. The highest BCUT2D eigenvalue weighted by Gasteiger charge is 2.29. The van der Waals surface area contributed by atoms with Gasteiger partial charge in [-0.25, -0.2) is 4.68 Å². The van der Waals surface area contributed by atoms with E-state index in [1.165, 1.54) is 0 Å². The maximum Gasteiger partial charge on any atom is 0.122 e. The Bertz CT molecular complexity index is 723. The number of para-hydroxylation sites is 1. The molecule has 0 bridgehead atoms. The first-order valence-electron chi connectivity index (χ1n) is 7.07. The smallest absolute Gasteiger partial charge is 0.122 e. The van der Waals surface area contributed by atoms with E-state index >= 15 is 0 Å². The third-order valence-electron chi connectivity index (χ3n) is 3.64. The zero-order chi connectivity index (χ0) is 14.8. The van der Waals surface area contributed by atoms with E-state index < -0.39 is 6.10 Å². The highest BCUT2D eigenvalue weighted by atomic mass is 16.3. The van der Waals surface area contributed by atoms with Gasteiger partial charge in [0.2, 0.25) is 0 Å². The van der Waals surface area contributed by atoms with Crippen LogP contribution in [0.25, 0.3) is 11.0 Å². The van der Waals surface area contributed by atoms with E-state index in [1.54, 1.807) is 10.9 Å². The fourth-order valence-electron chi connectivity index (χ4n) is 2.45. The van der Waals surface area contributed by atoms with Gasteiger partial charge in [-0.2, -0.15) is 0 Å². The third-order valence-corrected chi connectivity index (χ3v) is 3.64. The molecule has 1 N–H and O–H groups in total. The summed E-state index contributed by atoms with van der Waals surface area (Å²) in [5.41, 5.74) is 2.50. The van der Waals surface area contributed by atoms with Gasteiger partial charge in [-0.15, -0.1) is 5.10 Å². The standard InChI is InChI=1S/C16H18N4O/c1-11(2)16(21)15(13-8-5-6-10-17-13)20-14-9-4-3-7-12(14)18-19-20/h3-11,15-16,21H,1-2H3. The van der Waals surface area contributed by atoms with Crippen molar-refractivity contribution >= 4 is 11.0 Å². The third kappa shape index (κ3) is 2.52. The van der Waals surface area contributed by atoms with Crippen molar-refractivity contribution in [3.63, 3.8) is 0 Å². The van der Waals surface area contributed by atoms with Crippen LogP contribution in [0.15, 0.2) is 48.7 Å². The Kier molecular flexibility index (Phi) is 3.66. The van der Waals surface area contributed by atoms with Crippen LogP contribution in [0.4, 0.5) is 0 Å². The van der Waals surface area contributed by atoms with E-state index in [-0.39, 0.29) is 12.0 Å². The molecule has 2 unspecified atom stereocenters. The molecule has 0 radical (unpaired) electrons. The SMILES string of the molecule is CC(C)C(O)C(c1ccccn1)n1nnc2ccccc21. The summed E-state index contributed by atoms with van der Waals surface area (Å²) in [5.74, 6) is 0.0833. The van der Waals surface area contributed by atoms with Crippen LogP contribution in [0.5, 0.6) is 0 Å². The summed E-state index contributed by atoms with van der Waals surface area (Å²) in [6.45, 7) is 3.97. The molecule has 0 aliphatic heterocycles. The van der Waals surface area contributed by atoms with Gasteiger partial charge in [0.1, 0.15) is 11.6 Å². The molecule has 0 amide bonds. The molecular formula is C16H18N4O. The average Bonchev–Trinajstić information content (AvgIpc) is 2.93. The zero-order valence-electron chi connectivity index (χ0n) is 12.1. The minimum absolute atomic E-state index is 0.0833. The van der Waals surface area contributed by atoms with E-state index in [2.05, 4.69) is 15.3 Å². The number of fused-ring (bicyclic) bond motifs is 1. The highest BCUT2D eigenvalue weighted by molar-refractivity contribution is 5.74. The minimum atomic E-state index is -0.593. The van der Waals surface area contributed by atoms with Crippen LogP contribution in [-0.4, -0.2) is 31.2 Å². The molecule has 3 aromatic rings. The van der Waals surface area contributed by atoms with Gasteiger partial charge in [-0.05, 0) is 30.2 Å². The molecule has 0 fully saturated rings. The second-order valence-corrected chi connectivity index (χ2v) is 5.46. The summed E-state index contributed by atoms with van der Waals surface area (Å²) in [6.07, 6.45) is 1.14. The molecule has 2 aromatic heterocycles. The van der Waals surface area contributed by atoms with E-state index in [4.69, 9.17) is 0 Å². The number of pyridine rings is 1. The molecule has 2 heterocycles. The molecule has 0 spiro atoms. The Hall–Kier alpha value is -2.27. The first-order valence-corrected chi connectivity index (χ1v) is 7.07. The molecule has 108 valence electrons. The maximum absolute atomic E-state index is 10.6. The molecule has 0 aliphatic carbocycles. The zero-order valence-corrected chi connectivity index (χ0v) is 12.1. The molecule has 0 saturated carbocycles. The topological polar surface area (TPSA) is 63.8 Å². The summed E-state index contributed by atoms with van der Waals surface area (Å²) in [5, 5.41) is 19.1. The Balaban J connectivity index is 2.15. The fourth-order valence-corrected chi connectivity index (χ4v) is 2.45. The van der Waals surface area contributed by atoms with Gasteiger partial charge in [0.05, 0.1) is 17.3 Å². The number of hydrogen-bond donors (Lipinski definition) is 1. The van der Waals surface area contributed by atoms with E-state index in [0.29, 0.717) is 0 Å². The number of aliphatic hydroxyl groups excluding tert-OH is 1. The fraction of sp³-hybridized carbons (Fsp3) is 0.312. The van der Waals surface area contributed by atoms with Crippen LogP contribution < -0.4 is 0 Å². The predicted molar refractivity (Wildman–Crippen MR) is 80.7 cm³/mol. The quantitative estimate of drug-likeness (QED) is 0.798. The van der Waals surface area contributed by atoms with Crippen LogP contribution in [-0.2, 0) is 0 Å². The molecule has 5 nitrogen and oxygen atoms in total. The van der Waals surface area contributed by atoms with Gasteiger partial charge < -0.3 is 5.11 Å². The van der Waals surface area contributed by atoms with Crippen LogP contribution in [0, 0.1) is 5.92 Å². The van der Waals surface area contributed by atoms with Crippen LogP contribution in [0.3, 0.4) is 0 Å². The predicted octanol–water partition coefficient (Wildman–Crippen LogP) is 2.43. The number of benzene rings is 1. The van der Waals surface area contributed by atoms with Crippen LogP contribution in [0.1, 0.15) is 25.6 Å². The summed E-state index contributed by atoms with van der Waals surface area (Å²) >= 11 is 0. The monoisotopic (exact) mass is 282 g/mol. The molecule has 2 atom stereocenters. The molecule has 0 saturated heterocycles. The van der Waals surface area contributed by atoms with Crippen molar-refractivity contribution in [2.24, 2.45) is 5.92 Å². The highest BCUT2D eigenvalue weighted by Crippen LogP contribution is 2.27. The van der Waals surface area contributed by atoms with Crippen LogP contribution in [0.2, 0.25) is 0 Å². The van der Waals surface area contributed by atoms with Gasteiger partial charge in [0.15, 0.2) is 0 Å². The van der Waals surface area contributed by atoms with Crippen molar-refractivity contribution in [3.8, 4) is 0 Å². The molecule has 21 heavy (non-hydrogen) atoms. The molecule has 3 rings (SSSR count). The van der Waals surface area contributed by atoms with E-state index in [1.807, 2.05) is 56.3 Å². The molecule has 0 aliphatic rings. The van der Waals surface area contributed by atoms with Gasteiger partial charge in [-0.1, -0.05) is 37.3 Å². The average molecular weight is 282 g/mol. The summed E-state index contributed by atoms with van der Waals surface area (Å²) in [6, 6.07) is 13.1.